The van der Waals surface area contributed by atoms with Crippen LogP contribution in [-0.4, -0.2) is 77.4 Å². The summed E-state index contributed by atoms with van der Waals surface area (Å²) in [4.78, 5) is 31.9. The van der Waals surface area contributed by atoms with Crippen LogP contribution in [0.4, 0.5) is 21.0 Å². The van der Waals surface area contributed by atoms with Crippen molar-refractivity contribution in [2.75, 3.05) is 65.2 Å². The van der Waals surface area contributed by atoms with Gasteiger partial charge in [0.05, 0.1) is 0 Å². The summed E-state index contributed by atoms with van der Waals surface area (Å²) in [7, 11) is 11.4. The molecular weight excluding hydrogens is 480 g/mol. The van der Waals surface area contributed by atoms with Gasteiger partial charge in [-0.1, -0.05) is 50.7 Å². The smallest absolute Gasteiger partial charge is 0.410 e. The minimum absolute atomic E-state index is 0.322. The van der Waals surface area contributed by atoms with Gasteiger partial charge in [-0.3, -0.25) is 0 Å². The predicted molar refractivity (Wildman–Crippen MR) is 156 cm³/mol. The Morgan fingerprint density at radius 3 is 1.24 bits per heavy atom. The van der Waals surface area contributed by atoms with E-state index in [1.807, 2.05) is 74.4 Å². The largest absolute Gasteiger partial charge is 0.414 e. The fourth-order valence-electron chi connectivity index (χ4n) is 3.95. The Morgan fingerprint density at radius 2 is 0.895 bits per heavy atom. The molecule has 0 aliphatic rings. The molecule has 2 amide bonds. The minimum Gasteiger partial charge on any atom is -0.410 e. The fraction of sp³-hybridized carbons (Fsp3) is 0.533. The first-order valence-electron chi connectivity index (χ1n) is 13.6. The monoisotopic (exact) mass is 526 g/mol. The lowest BCUT2D eigenvalue weighted by molar-refractivity contribution is 0.161. The Balaban J connectivity index is 1.49. The van der Waals surface area contributed by atoms with Crippen LogP contribution in [0.15, 0.2) is 48.5 Å². The molecule has 0 atom stereocenters. The Morgan fingerprint density at radius 1 is 0.553 bits per heavy atom. The van der Waals surface area contributed by atoms with E-state index in [2.05, 4.69) is 0 Å². The molecule has 0 N–H and O–H groups in total. The second-order valence-electron chi connectivity index (χ2n) is 10.2. The van der Waals surface area contributed by atoms with E-state index in [0.717, 1.165) is 49.9 Å². The van der Waals surface area contributed by atoms with Crippen LogP contribution < -0.4 is 19.3 Å². The Bertz CT molecular complexity index is 916. The molecule has 0 saturated heterocycles. The summed E-state index contributed by atoms with van der Waals surface area (Å²) in [6, 6.07) is 15.0. The fourth-order valence-corrected chi connectivity index (χ4v) is 3.95. The van der Waals surface area contributed by atoms with Crippen LogP contribution in [0.3, 0.4) is 0 Å². The van der Waals surface area contributed by atoms with Crippen molar-refractivity contribution in [1.29, 1.82) is 0 Å². The number of anilines is 2. The first-order valence-corrected chi connectivity index (χ1v) is 13.6. The molecule has 0 heterocycles. The summed E-state index contributed by atoms with van der Waals surface area (Å²) in [6.07, 6.45) is 8.17. The van der Waals surface area contributed by atoms with Crippen molar-refractivity contribution >= 4 is 23.6 Å². The normalized spacial score (nSPS) is 10.6. The van der Waals surface area contributed by atoms with Crippen molar-refractivity contribution in [3.05, 3.63) is 48.5 Å². The molecule has 0 saturated carbocycles. The topological polar surface area (TPSA) is 65.6 Å². The van der Waals surface area contributed by atoms with Crippen LogP contribution in [0.1, 0.15) is 51.4 Å². The predicted octanol–water partition coefficient (Wildman–Crippen LogP) is 6.50. The molecule has 0 aliphatic carbocycles. The zero-order valence-electron chi connectivity index (χ0n) is 24.1. The maximum absolute atomic E-state index is 12.3. The van der Waals surface area contributed by atoms with Gasteiger partial charge in [0.1, 0.15) is 11.5 Å². The van der Waals surface area contributed by atoms with E-state index in [-0.39, 0.29) is 12.2 Å². The van der Waals surface area contributed by atoms with E-state index in [9.17, 15) is 9.59 Å². The van der Waals surface area contributed by atoms with Crippen molar-refractivity contribution in [3.63, 3.8) is 0 Å². The molecule has 0 fully saturated rings. The van der Waals surface area contributed by atoms with E-state index in [1.165, 1.54) is 12.8 Å². The summed E-state index contributed by atoms with van der Waals surface area (Å²) in [6.45, 7) is 1.38. The number of unbranched alkanes of at least 4 members (excludes halogenated alkanes) is 7. The molecule has 2 aromatic rings. The molecule has 8 nitrogen and oxygen atoms in total. The SMILES string of the molecule is CN(CCCCCCCCCCN(C)C(=O)Oc1cccc(N(C)C)c1)C(=O)Oc1cccc(N(C)C)c1. The number of hydrogen-bond donors (Lipinski definition) is 0. The van der Waals surface area contributed by atoms with Crippen LogP contribution in [0, 0.1) is 0 Å². The maximum Gasteiger partial charge on any atom is 0.414 e. The van der Waals surface area contributed by atoms with Gasteiger partial charge in [-0.05, 0) is 37.1 Å². The number of rotatable bonds is 15. The van der Waals surface area contributed by atoms with Crippen molar-refractivity contribution in [3.8, 4) is 11.5 Å². The number of carbonyl (C=O) groups is 2. The van der Waals surface area contributed by atoms with Crippen LogP contribution in [-0.2, 0) is 0 Å². The highest BCUT2D eigenvalue weighted by Crippen LogP contribution is 2.21. The number of nitrogens with zero attached hydrogens (tertiary/aromatic N) is 4. The Kier molecular flexibility index (Phi) is 13.3. The molecule has 0 aliphatic heterocycles. The molecule has 2 aromatic carbocycles. The highest BCUT2D eigenvalue weighted by atomic mass is 16.6. The lowest BCUT2D eigenvalue weighted by Gasteiger charge is -2.18. The van der Waals surface area contributed by atoms with E-state index in [4.69, 9.17) is 9.47 Å². The third-order valence-electron chi connectivity index (χ3n) is 6.44. The van der Waals surface area contributed by atoms with Gasteiger partial charge in [-0.25, -0.2) is 9.59 Å². The number of hydrogen-bond acceptors (Lipinski definition) is 6. The summed E-state index contributed by atoms with van der Waals surface area (Å²) in [5, 5.41) is 0. The molecule has 0 radical (unpaired) electrons. The lowest BCUT2D eigenvalue weighted by atomic mass is 10.1. The van der Waals surface area contributed by atoms with Crippen LogP contribution in [0.5, 0.6) is 11.5 Å². The molecule has 0 bridgehead atoms. The highest BCUT2D eigenvalue weighted by Gasteiger charge is 2.13. The number of ether oxygens (including phenoxy) is 2. The molecule has 210 valence electrons. The molecule has 0 spiro atoms. The van der Waals surface area contributed by atoms with Gasteiger partial charge >= 0.3 is 12.2 Å². The molecule has 0 aromatic heterocycles. The standard InChI is InChI=1S/C30H46N4O4/c1-31(2)25-17-15-19-27(23-25)37-29(35)33(5)21-13-11-9-7-8-10-12-14-22-34(6)30(36)38-28-20-16-18-26(24-28)32(3)4/h15-20,23-24H,7-14,21-22H2,1-6H3. The first kappa shape index (κ1) is 30.8. The Labute approximate surface area is 229 Å². The van der Waals surface area contributed by atoms with E-state index >= 15 is 0 Å². The second-order valence-corrected chi connectivity index (χ2v) is 10.2. The Hall–Kier alpha value is -3.42. The summed E-state index contributed by atoms with van der Waals surface area (Å²) in [5.41, 5.74) is 1.99. The average Bonchev–Trinajstić information content (AvgIpc) is 2.89. The minimum atomic E-state index is -0.322. The van der Waals surface area contributed by atoms with Crippen molar-refractivity contribution in [2.45, 2.75) is 51.4 Å². The quantitative estimate of drug-likeness (QED) is 0.247. The van der Waals surface area contributed by atoms with Gasteiger partial charge in [0, 0.05) is 78.9 Å². The highest BCUT2D eigenvalue weighted by molar-refractivity contribution is 5.71. The van der Waals surface area contributed by atoms with Gasteiger partial charge in [0.25, 0.3) is 0 Å². The zero-order valence-corrected chi connectivity index (χ0v) is 24.1. The second kappa shape index (κ2) is 16.4. The molecular formula is C30H46N4O4. The van der Waals surface area contributed by atoms with Gasteiger partial charge in [-0.15, -0.1) is 0 Å². The third-order valence-corrected chi connectivity index (χ3v) is 6.44. The number of carbonyl (C=O) groups excluding carboxylic acids is 2. The zero-order chi connectivity index (χ0) is 27.9. The maximum atomic E-state index is 12.3. The summed E-state index contributed by atoms with van der Waals surface area (Å²) in [5.74, 6) is 1.12. The number of benzene rings is 2. The lowest BCUT2D eigenvalue weighted by Crippen LogP contribution is -2.30. The first-order chi connectivity index (χ1) is 18.2. The van der Waals surface area contributed by atoms with Gasteiger partial charge in [-0.2, -0.15) is 0 Å². The van der Waals surface area contributed by atoms with Crippen molar-refractivity contribution in [2.24, 2.45) is 0 Å². The van der Waals surface area contributed by atoms with Gasteiger partial charge < -0.3 is 29.1 Å². The number of amides is 2. The molecule has 8 heteroatoms. The summed E-state index contributed by atoms with van der Waals surface area (Å²) >= 11 is 0. The van der Waals surface area contributed by atoms with Crippen LogP contribution in [0.2, 0.25) is 0 Å². The molecule has 2 rings (SSSR count). The molecule has 0 unspecified atom stereocenters. The van der Waals surface area contributed by atoms with E-state index < -0.39 is 0 Å². The van der Waals surface area contributed by atoms with Crippen molar-refractivity contribution < 1.29 is 19.1 Å². The molecule has 38 heavy (non-hydrogen) atoms. The average molecular weight is 527 g/mol. The third kappa shape index (κ3) is 11.3. The van der Waals surface area contributed by atoms with Gasteiger partial charge in [0.15, 0.2) is 0 Å². The van der Waals surface area contributed by atoms with Crippen LogP contribution >= 0.6 is 0 Å². The van der Waals surface area contributed by atoms with E-state index in [1.54, 1.807) is 36.0 Å². The van der Waals surface area contributed by atoms with Crippen LogP contribution in [0.25, 0.3) is 0 Å². The van der Waals surface area contributed by atoms with Crippen molar-refractivity contribution in [1.82, 2.24) is 9.80 Å². The summed E-state index contributed by atoms with van der Waals surface area (Å²) < 4.78 is 11.0. The van der Waals surface area contributed by atoms with E-state index in [0.29, 0.717) is 24.6 Å². The van der Waals surface area contributed by atoms with Gasteiger partial charge in [0.2, 0.25) is 0 Å².